The zero-order valence-electron chi connectivity index (χ0n) is 14.5. The molecule has 130 valence electrons. The Hall–Kier alpha value is -2.11. The van der Waals surface area contributed by atoms with Gasteiger partial charge >= 0.3 is 0 Å². The number of aromatic nitrogens is 3. The fourth-order valence-electron chi connectivity index (χ4n) is 2.60. The highest BCUT2D eigenvalue weighted by Crippen LogP contribution is 2.31. The van der Waals surface area contributed by atoms with Crippen molar-refractivity contribution in [2.75, 3.05) is 6.61 Å². The maximum absolute atomic E-state index is 13.4. The number of hydrogen-bond donors (Lipinski definition) is 0. The van der Waals surface area contributed by atoms with Gasteiger partial charge in [-0.1, -0.05) is 20.8 Å². The molecule has 24 heavy (non-hydrogen) atoms. The van der Waals surface area contributed by atoms with Gasteiger partial charge in [-0.05, 0) is 37.3 Å². The van der Waals surface area contributed by atoms with E-state index < -0.39 is 6.43 Å². The van der Waals surface area contributed by atoms with Gasteiger partial charge in [0.1, 0.15) is 5.82 Å². The standard InChI is InChI=1S/C18H23F2N3O/c1-11(2)7-12(3)10-24-18-15(17(19)20)8-14(9-22-18)16-5-6-21-13(4)23-16/h5-6,8-9,11-12,17H,7,10H2,1-4H3/t12-/m0/s1. The first-order valence-corrected chi connectivity index (χ1v) is 8.07. The van der Waals surface area contributed by atoms with Crippen molar-refractivity contribution in [3.63, 3.8) is 0 Å². The maximum atomic E-state index is 13.4. The van der Waals surface area contributed by atoms with Crippen LogP contribution in [0.25, 0.3) is 11.3 Å². The first kappa shape index (κ1) is 18.2. The summed E-state index contributed by atoms with van der Waals surface area (Å²) in [4.78, 5) is 12.3. The molecule has 0 aliphatic rings. The Morgan fingerprint density at radius 3 is 2.54 bits per heavy atom. The van der Waals surface area contributed by atoms with Crippen molar-refractivity contribution in [2.24, 2.45) is 11.8 Å². The molecule has 0 unspecified atom stereocenters. The van der Waals surface area contributed by atoms with Gasteiger partial charge in [-0.2, -0.15) is 0 Å². The number of nitrogens with zero attached hydrogens (tertiary/aromatic N) is 3. The van der Waals surface area contributed by atoms with E-state index in [1.165, 1.54) is 12.3 Å². The van der Waals surface area contributed by atoms with E-state index in [-0.39, 0.29) is 17.4 Å². The normalized spacial score (nSPS) is 12.7. The zero-order valence-corrected chi connectivity index (χ0v) is 14.5. The fraction of sp³-hybridized carbons (Fsp3) is 0.500. The average Bonchev–Trinajstić information content (AvgIpc) is 2.52. The number of ether oxygens (including phenoxy) is 1. The molecule has 0 fully saturated rings. The van der Waals surface area contributed by atoms with Crippen molar-refractivity contribution in [3.8, 4) is 17.1 Å². The Labute approximate surface area is 141 Å². The van der Waals surface area contributed by atoms with Crippen LogP contribution in [0.4, 0.5) is 8.78 Å². The van der Waals surface area contributed by atoms with Gasteiger partial charge in [-0.15, -0.1) is 0 Å². The molecule has 6 heteroatoms. The lowest BCUT2D eigenvalue weighted by atomic mass is 10.00. The van der Waals surface area contributed by atoms with Crippen LogP contribution in [0.3, 0.4) is 0 Å². The fourth-order valence-corrected chi connectivity index (χ4v) is 2.60. The second-order valence-electron chi connectivity index (χ2n) is 6.45. The minimum atomic E-state index is -2.66. The van der Waals surface area contributed by atoms with E-state index in [2.05, 4.69) is 28.8 Å². The van der Waals surface area contributed by atoms with Gasteiger partial charge in [-0.3, -0.25) is 0 Å². The monoisotopic (exact) mass is 335 g/mol. The lowest BCUT2D eigenvalue weighted by Crippen LogP contribution is -2.12. The highest BCUT2D eigenvalue weighted by molar-refractivity contribution is 5.59. The Bertz CT molecular complexity index is 677. The molecule has 0 aromatic carbocycles. The van der Waals surface area contributed by atoms with Gasteiger partial charge in [0.15, 0.2) is 0 Å². The van der Waals surface area contributed by atoms with Crippen LogP contribution in [-0.4, -0.2) is 21.6 Å². The number of pyridine rings is 1. The van der Waals surface area contributed by atoms with Gasteiger partial charge in [0.25, 0.3) is 6.43 Å². The summed E-state index contributed by atoms with van der Waals surface area (Å²) in [5.74, 6) is 1.39. The molecule has 0 aliphatic carbocycles. The Balaban J connectivity index is 2.21. The van der Waals surface area contributed by atoms with Gasteiger partial charge < -0.3 is 4.74 Å². The van der Waals surface area contributed by atoms with Gasteiger partial charge in [0.2, 0.25) is 5.88 Å². The number of alkyl halides is 2. The van der Waals surface area contributed by atoms with E-state index in [4.69, 9.17) is 4.74 Å². The van der Waals surface area contributed by atoms with Crippen LogP contribution in [0.5, 0.6) is 5.88 Å². The van der Waals surface area contributed by atoms with Crippen molar-refractivity contribution in [1.82, 2.24) is 15.0 Å². The van der Waals surface area contributed by atoms with Gasteiger partial charge in [0, 0.05) is 18.0 Å². The van der Waals surface area contributed by atoms with Crippen LogP contribution in [0.2, 0.25) is 0 Å². The third kappa shape index (κ3) is 4.94. The van der Waals surface area contributed by atoms with Crippen LogP contribution in [0.1, 0.15) is 45.0 Å². The second kappa shape index (κ2) is 8.13. The van der Waals surface area contributed by atoms with E-state index in [9.17, 15) is 8.78 Å². The minimum Gasteiger partial charge on any atom is -0.477 e. The molecule has 0 amide bonds. The molecule has 0 spiro atoms. The van der Waals surface area contributed by atoms with Crippen molar-refractivity contribution in [3.05, 3.63) is 35.9 Å². The number of aryl methyl sites for hydroxylation is 1. The Morgan fingerprint density at radius 2 is 1.92 bits per heavy atom. The Morgan fingerprint density at radius 1 is 1.17 bits per heavy atom. The average molecular weight is 335 g/mol. The molecule has 0 saturated carbocycles. The highest BCUT2D eigenvalue weighted by atomic mass is 19.3. The lowest BCUT2D eigenvalue weighted by molar-refractivity contribution is 0.140. The van der Waals surface area contributed by atoms with Crippen LogP contribution in [0.15, 0.2) is 24.5 Å². The second-order valence-corrected chi connectivity index (χ2v) is 6.45. The minimum absolute atomic E-state index is 0.00451. The number of hydrogen-bond acceptors (Lipinski definition) is 4. The molecule has 2 aromatic heterocycles. The summed E-state index contributed by atoms with van der Waals surface area (Å²) in [6, 6.07) is 3.06. The largest absolute Gasteiger partial charge is 0.477 e. The summed E-state index contributed by atoms with van der Waals surface area (Å²) in [7, 11) is 0. The molecule has 0 radical (unpaired) electrons. The highest BCUT2D eigenvalue weighted by Gasteiger charge is 2.18. The molecular weight excluding hydrogens is 312 g/mol. The molecule has 0 aliphatic heterocycles. The summed E-state index contributed by atoms with van der Waals surface area (Å²) in [6.45, 7) is 8.41. The number of halogens is 2. The van der Waals surface area contributed by atoms with Crippen molar-refractivity contribution >= 4 is 0 Å². The molecule has 0 saturated heterocycles. The summed E-state index contributed by atoms with van der Waals surface area (Å²) < 4.78 is 32.3. The summed E-state index contributed by atoms with van der Waals surface area (Å²) in [5, 5.41) is 0. The predicted octanol–water partition coefficient (Wildman–Crippen LogP) is 4.85. The summed E-state index contributed by atoms with van der Waals surface area (Å²) in [6.07, 6.45) is 1.42. The maximum Gasteiger partial charge on any atom is 0.269 e. The first-order valence-electron chi connectivity index (χ1n) is 8.07. The molecule has 2 rings (SSSR count). The van der Waals surface area contributed by atoms with E-state index in [0.29, 0.717) is 29.6 Å². The quantitative estimate of drug-likeness (QED) is 0.726. The Kier molecular flexibility index (Phi) is 6.17. The summed E-state index contributed by atoms with van der Waals surface area (Å²) >= 11 is 0. The van der Waals surface area contributed by atoms with Gasteiger partial charge in [0.05, 0.1) is 17.9 Å². The topological polar surface area (TPSA) is 47.9 Å². The zero-order chi connectivity index (χ0) is 17.7. The van der Waals surface area contributed by atoms with Crippen LogP contribution < -0.4 is 4.74 Å². The first-order chi connectivity index (χ1) is 11.4. The lowest BCUT2D eigenvalue weighted by Gasteiger charge is -2.16. The smallest absolute Gasteiger partial charge is 0.269 e. The molecule has 2 aromatic rings. The molecule has 4 nitrogen and oxygen atoms in total. The summed E-state index contributed by atoms with van der Waals surface area (Å²) in [5.41, 5.74) is 0.885. The predicted molar refractivity (Wildman–Crippen MR) is 89.1 cm³/mol. The van der Waals surface area contributed by atoms with Crippen LogP contribution >= 0.6 is 0 Å². The van der Waals surface area contributed by atoms with Crippen molar-refractivity contribution in [2.45, 2.75) is 40.5 Å². The van der Waals surface area contributed by atoms with Gasteiger partial charge in [-0.25, -0.2) is 23.7 Å². The third-order valence-electron chi connectivity index (χ3n) is 3.56. The van der Waals surface area contributed by atoms with Crippen molar-refractivity contribution < 1.29 is 13.5 Å². The molecule has 0 N–H and O–H groups in total. The molecule has 2 heterocycles. The van der Waals surface area contributed by atoms with E-state index in [0.717, 1.165) is 6.42 Å². The molecular formula is C18H23F2N3O. The SMILES string of the molecule is Cc1nccc(-c2cnc(OC[C@@H](C)CC(C)C)c(C(F)F)c2)n1. The molecule has 0 bridgehead atoms. The number of rotatable bonds is 7. The van der Waals surface area contributed by atoms with Crippen molar-refractivity contribution in [1.29, 1.82) is 0 Å². The molecule has 1 atom stereocenters. The van der Waals surface area contributed by atoms with E-state index >= 15 is 0 Å². The van der Waals surface area contributed by atoms with E-state index in [1.54, 1.807) is 19.2 Å². The van der Waals surface area contributed by atoms with Crippen LogP contribution in [0, 0.1) is 18.8 Å². The third-order valence-corrected chi connectivity index (χ3v) is 3.56. The van der Waals surface area contributed by atoms with Crippen LogP contribution in [-0.2, 0) is 0 Å². The van der Waals surface area contributed by atoms with E-state index in [1.807, 2.05) is 6.92 Å².